The van der Waals surface area contributed by atoms with Crippen molar-refractivity contribution in [1.29, 1.82) is 0 Å². The van der Waals surface area contributed by atoms with E-state index in [9.17, 15) is 4.39 Å². The SMILES string of the molecule is CCCNCc1cccc(F)c1N1CCc2ccccc21. The molecule has 1 heterocycles. The molecule has 0 aliphatic carbocycles. The summed E-state index contributed by atoms with van der Waals surface area (Å²) in [7, 11) is 0. The Balaban J connectivity index is 1.95. The summed E-state index contributed by atoms with van der Waals surface area (Å²) in [5.74, 6) is -0.137. The maximum Gasteiger partial charge on any atom is 0.147 e. The molecule has 3 rings (SSSR count). The zero-order valence-electron chi connectivity index (χ0n) is 12.4. The van der Waals surface area contributed by atoms with Crippen molar-refractivity contribution in [2.75, 3.05) is 18.0 Å². The summed E-state index contributed by atoms with van der Waals surface area (Å²) in [5.41, 5.74) is 4.19. The van der Waals surface area contributed by atoms with Crippen LogP contribution in [0.5, 0.6) is 0 Å². The van der Waals surface area contributed by atoms with Crippen molar-refractivity contribution in [3.63, 3.8) is 0 Å². The number of hydrogen-bond donors (Lipinski definition) is 1. The highest BCUT2D eigenvalue weighted by Crippen LogP contribution is 2.37. The van der Waals surface area contributed by atoms with Gasteiger partial charge in [0.15, 0.2) is 0 Å². The third-order valence-corrected chi connectivity index (χ3v) is 3.97. The van der Waals surface area contributed by atoms with Crippen LogP contribution in [0.3, 0.4) is 0 Å². The Morgan fingerprint density at radius 1 is 1.14 bits per heavy atom. The van der Waals surface area contributed by atoms with Gasteiger partial charge in [-0.15, -0.1) is 0 Å². The van der Waals surface area contributed by atoms with Gasteiger partial charge in [-0.1, -0.05) is 37.3 Å². The van der Waals surface area contributed by atoms with E-state index < -0.39 is 0 Å². The lowest BCUT2D eigenvalue weighted by Gasteiger charge is -2.23. The Labute approximate surface area is 125 Å². The smallest absolute Gasteiger partial charge is 0.147 e. The third kappa shape index (κ3) is 2.79. The Morgan fingerprint density at radius 2 is 2.00 bits per heavy atom. The number of hydrogen-bond acceptors (Lipinski definition) is 2. The molecular weight excluding hydrogens is 263 g/mol. The highest BCUT2D eigenvalue weighted by Gasteiger charge is 2.24. The number of halogens is 1. The van der Waals surface area contributed by atoms with Crippen LogP contribution in [-0.2, 0) is 13.0 Å². The molecule has 2 nitrogen and oxygen atoms in total. The zero-order chi connectivity index (χ0) is 14.7. The number of para-hydroxylation sites is 2. The van der Waals surface area contributed by atoms with Crippen LogP contribution < -0.4 is 10.2 Å². The lowest BCUT2D eigenvalue weighted by Crippen LogP contribution is -2.20. The van der Waals surface area contributed by atoms with Gasteiger partial charge in [0, 0.05) is 18.8 Å². The molecule has 2 aromatic carbocycles. The second-order valence-corrected chi connectivity index (χ2v) is 5.45. The third-order valence-electron chi connectivity index (χ3n) is 3.97. The largest absolute Gasteiger partial charge is 0.338 e. The molecule has 0 bridgehead atoms. The predicted octanol–water partition coefficient (Wildman–Crippen LogP) is 4.02. The van der Waals surface area contributed by atoms with Gasteiger partial charge in [-0.05, 0) is 42.6 Å². The van der Waals surface area contributed by atoms with Crippen molar-refractivity contribution in [3.8, 4) is 0 Å². The maximum atomic E-state index is 14.4. The van der Waals surface area contributed by atoms with E-state index in [4.69, 9.17) is 0 Å². The molecule has 0 atom stereocenters. The van der Waals surface area contributed by atoms with E-state index in [-0.39, 0.29) is 5.82 Å². The fourth-order valence-corrected chi connectivity index (χ4v) is 2.98. The van der Waals surface area contributed by atoms with Gasteiger partial charge in [0.1, 0.15) is 5.82 Å². The Hall–Kier alpha value is -1.87. The summed E-state index contributed by atoms with van der Waals surface area (Å²) in [6, 6.07) is 13.6. The van der Waals surface area contributed by atoms with Gasteiger partial charge in [-0.3, -0.25) is 0 Å². The predicted molar refractivity (Wildman–Crippen MR) is 85.5 cm³/mol. The van der Waals surface area contributed by atoms with Crippen molar-refractivity contribution in [2.24, 2.45) is 0 Å². The van der Waals surface area contributed by atoms with Crippen LogP contribution in [-0.4, -0.2) is 13.1 Å². The molecule has 0 saturated carbocycles. The number of benzene rings is 2. The zero-order valence-corrected chi connectivity index (χ0v) is 12.4. The molecule has 0 radical (unpaired) electrons. The van der Waals surface area contributed by atoms with E-state index in [1.165, 1.54) is 5.56 Å². The summed E-state index contributed by atoms with van der Waals surface area (Å²) >= 11 is 0. The highest BCUT2D eigenvalue weighted by molar-refractivity contribution is 5.72. The normalized spacial score (nSPS) is 13.5. The van der Waals surface area contributed by atoms with Crippen LogP contribution in [0.2, 0.25) is 0 Å². The van der Waals surface area contributed by atoms with Crippen molar-refractivity contribution in [3.05, 3.63) is 59.4 Å². The van der Waals surface area contributed by atoms with Gasteiger partial charge in [-0.2, -0.15) is 0 Å². The van der Waals surface area contributed by atoms with E-state index in [0.29, 0.717) is 6.54 Å². The maximum absolute atomic E-state index is 14.4. The highest BCUT2D eigenvalue weighted by atomic mass is 19.1. The van der Waals surface area contributed by atoms with E-state index in [2.05, 4.69) is 29.3 Å². The van der Waals surface area contributed by atoms with Gasteiger partial charge < -0.3 is 10.2 Å². The molecule has 0 amide bonds. The molecule has 1 aliphatic heterocycles. The first-order valence-corrected chi connectivity index (χ1v) is 7.65. The molecule has 0 saturated heterocycles. The molecule has 2 aromatic rings. The van der Waals surface area contributed by atoms with Gasteiger partial charge >= 0.3 is 0 Å². The van der Waals surface area contributed by atoms with E-state index in [1.54, 1.807) is 12.1 Å². The number of rotatable bonds is 5. The summed E-state index contributed by atoms with van der Waals surface area (Å²) in [6.07, 6.45) is 2.06. The summed E-state index contributed by atoms with van der Waals surface area (Å²) in [6.45, 7) is 4.64. The number of fused-ring (bicyclic) bond motifs is 1. The molecule has 0 aromatic heterocycles. The summed E-state index contributed by atoms with van der Waals surface area (Å²) < 4.78 is 14.4. The standard InChI is InChI=1S/C18H21FN2/c1-2-11-20-13-15-7-5-8-16(19)18(15)21-12-10-14-6-3-4-9-17(14)21/h3-9,20H,2,10-13H2,1H3. The Kier molecular flexibility index (Phi) is 4.20. The first kappa shape index (κ1) is 14.1. The lowest BCUT2D eigenvalue weighted by molar-refractivity contribution is 0.617. The molecule has 1 N–H and O–H groups in total. The molecule has 110 valence electrons. The minimum absolute atomic E-state index is 0.137. The number of nitrogens with zero attached hydrogens (tertiary/aromatic N) is 1. The molecule has 3 heteroatoms. The van der Waals surface area contributed by atoms with E-state index in [0.717, 1.165) is 42.9 Å². The number of anilines is 2. The van der Waals surface area contributed by atoms with Crippen LogP contribution in [0.4, 0.5) is 15.8 Å². The van der Waals surface area contributed by atoms with Crippen LogP contribution >= 0.6 is 0 Å². The van der Waals surface area contributed by atoms with Crippen molar-refractivity contribution < 1.29 is 4.39 Å². The molecule has 1 aliphatic rings. The second kappa shape index (κ2) is 6.27. The van der Waals surface area contributed by atoms with Crippen molar-refractivity contribution in [2.45, 2.75) is 26.3 Å². The Bertz CT molecular complexity index is 624. The summed E-state index contributed by atoms with van der Waals surface area (Å²) in [5, 5.41) is 3.37. The molecule has 21 heavy (non-hydrogen) atoms. The van der Waals surface area contributed by atoms with Crippen molar-refractivity contribution in [1.82, 2.24) is 5.32 Å². The van der Waals surface area contributed by atoms with Gasteiger partial charge in [0.05, 0.1) is 5.69 Å². The van der Waals surface area contributed by atoms with Crippen LogP contribution in [0.1, 0.15) is 24.5 Å². The fourth-order valence-electron chi connectivity index (χ4n) is 2.98. The minimum atomic E-state index is -0.137. The lowest BCUT2D eigenvalue weighted by atomic mass is 10.1. The van der Waals surface area contributed by atoms with E-state index >= 15 is 0 Å². The fraction of sp³-hybridized carbons (Fsp3) is 0.333. The van der Waals surface area contributed by atoms with Crippen LogP contribution in [0.25, 0.3) is 0 Å². The van der Waals surface area contributed by atoms with Crippen molar-refractivity contribution >= 4 is 11.4 Å². The first-order valence-electron chi connectivity index (χ1n) is 7.65. The second-order valence-electron chi connectivity index (χ2n) is 5.45. The van der Waals surface area contributed by atoms with Gasteiger partial charge in [0.2, 0.25) is 0 Å². The van der Waals surface area contributed by atoms with Crippen LogP contribution in [0, 0.1) is 5.82 Å². The molecule has 0 spiro atoms. The molecule has 0 unspecified atom stereocenters. The Morgan fingerprint density at radius 3 is 2.86 bits per heavy atom. The minimum Gasteiger partial charge on any atom is -0.338 e. The quantitative estimate of drug-likeness (QED) is 0.834. The monoisotopic (exact) mass is 284 g/mol. The average molecular weight is 284 g/mol. The number of nitrogens with one attached hydrogen (secondary N) is 1. The average Bonchev–Trinajstić information content (AvgIpc) is 2.92. The van der Waals surface area contributed by atoms with Crippen LogP contribution in [0.15, 0.2) is 42.5 Å². The topological polar surface area (TPSA) is 15.3 Å². The summed E-state index contributed by atoms with van der Waals surface area (Å²) in [4.78, 5) is 2.12. The first-order chi connectivity index (χ1) is 10.3. The van der Waals surface area contributed by atoms with E-state index in [1.807, 2.05) is 18.2 Å². The molecular formula is C18H21FN2. The molecule has 0 fully saturated rings. The van der Waals surface area contributed by atoms with Gasteiger partial charge in [-0.25, -0.2) is 4.39 Å². The van der Waals surface area contributed by atoms with Gasteiger partial charge in [0.25, 0.3) is 0 Å².